The van der Waals surface area contributed by atoms with Crippen LogP contribution in [0.1, 0.15) is 0 Å². The summed E-state index contributed by atoms with van der Waals surface area (Å²) in [6.07, 6.45) is 0. The van der Waals surface area contributed by atoms with E-state index in [0.29, 0.717) is 0 Å². The maximum Gasteiger partial charge on any atom is 1.00 e. The minimum atomic E-state index is -2.28. The van der Waals surface area contributed by atoms with Crippen LogP contribution in [0.25, 0.3) is 0 Å². The van der Waals surface area contributed by atoms with Crippen molar-refractivity contribution in [2.45, 2.75) is 3.79 Å². The SMILES string of the molecule is O=C([O-])C(Cl)(Cl)Cl.[Ag+]. The summed E-state index contributed by atoms with van der Waals surface area (Å²) in [6, 6.07) is 0. The van der Waals surface area contributed by atoms with E-state index in [0.717, 1.165) is 0 Å². The third-order valence-corrected chi connectivity index (χ3v) is 0.694. The van der Waals surface area contributed by atoms with Gasteiger partial charge in [-0.1, -0.05) is 34.8 Å². The zero-order valence-corrected chi connectivity index (χ0v) is 7.00. The van der Waals surface area contributed by atoms with Crippen LogP contribution in [0.4, 0.5) is 0 Å². The van der Waals surface area contributed by atoms with Crippen molar-refractivity contribution in [1.82, 2.24) is 0 Å². The predicted molar refractivity (Wildman–Crippen MR) is 25.3 cm³/mol. The Kier molecular flexibility index (Phi) is 5.89. The van der Waals surface area contributed by atoms with Gasteiger partial charge in [0.15, 0.2) is 0 Å². The van der Waals surface area contributed by atoms with E-state index in [1.807, 2.05) is 0 Å². The molecule has 6 heteroatoms. The van der Waals surface area contributed by atoms with Crippen LogP contribution < -0.4 is 5.11 Å². The Morgan fingerprint density at radius 3 is 1.50 bits per heavy atom. The molecule has 0 atom stereocenters. The van der Waals surface area contributed by atoms with Crippen molar-refractivity contribution < 1.29 is 32.3 Å². The summed E-state index contributed by atoms with van der Waals surface area (Å²) in [7, 11) is 0. The first-order chi connectivity index (χ1) is 2.94. The van der Waals surface area contributed by atoms with Crippen LogP contribution in [-0.2, 0) is 27.2 Å². The zero-order chi connectivity index (χ0) is 6.08. The summed E-state index contributed by atoms with van der Waals surface area (Å²) in [5.41, 5.74) is 0. The first kappa shape index (κ1) is 11.8. The van der Waals surface area contributed by atoms with E-state index in [2.05, 4.69) is 0 Å². The van der Waals surface area contributed by atoms with Gasteiger partial charge in [-0.25, -0.2) is 0 Å². The van der Waals surface area contributed by atoms with Crippen LogP contribution in [0.15, 0.2) is 0 Å². The average Bonchev–Trinajstić information content (AvgIpc) is 1.31. The van der Waals surface area contributed by atoms with Crippen LogP contribution in [0.3, 0.4) is 0 Å². The molecule has 0 saturated heterocycles. The van der Waals surface area contributed by atoms with Gasteiger partial charge in [-0.05, 0) is 0 Å². The number of halogens is 3. The Hall–Kier alpha value is 1.08. The van der Waals surface area contributed by atoms with Gasteiger partial charge < -0.3 is 9.90 Å². The summed E-state index contributed by atoms with van der Waals surface area (Å²) in [6.45, 7) is 0. The maximum absolute atomic E-state index is 9.51. The quantitative estimate of drug-likeness (QED) is 0.463. The molecule has 0 aliphatic heterocycles. The molecule has 0 spiro atoms. The van der Waals surface area contributed by atoms with E-state index in [9.17, 15) is 9.90 Å². The summed E-state index contributed by atoms with van der Waals surface area (Å²) >= 11 is 14.2. The number of carboxylic acid groups (broad SMARTS) is 1. The molecule has 0 aliphatic carbocycles. The molecule has 8 heavy (non-hydrogen) atoms. The van der Waals surface area contributed by atoms with Crippen LogP contribution in [0, 0.1) is 0 Å². The van der Waals surface area contributed by atoms with Crippen LogP contribution in [0.5, 0.6) is 0 Å². The fourth-order valence-electron chi connectivity index (χ4n) is 0. The van der Waals surface area contributed by atoms with Crippen molar-refractivity contribution in [2.75, 3.05) is 0 Å². The summed E-state index contributed by atoms with van der Waals surface area (Å²) in [5, 5.41) is 9.51. The van der Waals surface area contributed by atoms with E-state index >= 15 is 0 Å². The van der Waals surface area contributed by atoms with Gasteiger partial charge in [0.2, 0.25) is 3.79 Å². The second kappa shape index (κ2) is 3.99. The van der Waals surface area contributed by atoms with Crippen molar-refractivity contribution in [1.29, 1.82) is 0 Å². The molecular formula is C2AgCl3O2. The Morgan fingerprint density at radius 1 is 1.38 bits per heavy atom. The smallest absolute Gasteiger partial charge is 0.545 e. The Balaban J connectivity index is 0. The number of carbonyl (C=O) groups excluding carboxylic acids is 1. The number of carboxylic acids is 1. The van der Waals surface area contributed by atoms with E-state index < -0.39 is 9.76 Å². The molecule has 0 amide bonds. The molecule has 0 radical (unpaired) electrons. The summed E-state index contributed by atoms with van der Waals surface area (Å²) < 4.78 is -2.28. The molecule has 0 saturated carbocycles. The topological polar surface area (TPSA) is 40.1 Å². The zero-order valence-electron chi connectivity index (χ0n) is 3.25. The molecule has 0 aromatic rings. The van der Waals surface area contributed by atoms with Crippen molar-refractivity contribution in [3.63, 3.8) is 0 Å². The van der Waals surface area contributed by atoms with Gasteiger partial charge in [0.05, 0.1) is 5.97 Å². The largest absolute Gasteiger partial charge is 1.00 e. The van der Waals surface area contributed by atoms with Gasteiger partial charge in [-0.15, -0.1) is 0 Å². The van der Waals surface area contributed by atoms with Crippen LogP contribution in [0.2, 0.25) is 0 Å². The molecule has 0 fully saturated rings. The number of aliphatic carboxylic acids is 1. The normalized spacial score (nSPS) is 9.88. The van der Waals surface area contributed by atoms with E-state index in [4.69, 9.17) is 34.8 Å². The first-order valence-electron chi connectivity index (χ1n) is 1.23. The van der Waals surface area contributed by atoms with Gasteiger partial charge in [0, 0.05) is 0 Å². The number of hydrogen-bond donors (Lipinski definition) is 0. The maximum atomic E-state index is 9.51. The first-order valence-corrected chi connectivity index (χ1v) is 2.36. The van der Waals surface area contributed by atoms with Gasteiger partial charge in [-0.3, -0.25) is 0 Å². The standard InChI is InChI=1S/C2HCl3O2.Ag/c3-2(4,5)1(6)7;/h(H,6,7);/q;+1/p-1. The van der Waals surface area contributed by atoms with E-state index in [1.165, 1.54) is 0 Å². The molecule has 0 heterocycles. The number of alkyl halides is 3. The van der Waals surface area contributed by atoms with Crippen molar-refractivity contribution in [2.24, 2.45) is 0 Å². The van der Waals surface area contributed by atoms with Gasteiger partial charge in [0.1, 0.15) is 0 Å². The van der Waals surface area contributed by atoms with Gasteiger partial charge >= 0.3 is 22.4 Å². The van der Waals surface area contributed by atoms with Crippen molar-refractivity contribution in [3.8, 4) is 0 Å². The molecule has 0 aromatic heterocycles. The van der Waals surface area contributed by atoms with E-state index in [-0.39, 0.29) is 22.4 Å². The molecule has 52 valence electrons. The second-order valence-electron chi connectivity index (χ2n) is 0.785. The molecular weight excluding hydrogens is 270 g/mol. The third-order valence-electron chi connectivity index (χ3n) is 0.231. The predicted octanol–water partition coefficient (Wildman–Crippen LogP) is 0.104. The molecule has 0 aromatic carbocycles. The summed E-state index contributed by atoms with van der Waals surface area (Å²) in [4.78, 5) is 9.51. The number of hydrogen-bond acceptors (Lipinski definition) is 2. The van der Waals surface area contributed by atoms with Crippen molar-refractivity contribution >= 4 is 40.8 Å². The Labute approximate surface area is 76.6 Å². The minimum Gasteiger partial charge on any atom is -0.545 e. The van der Waals surface area contributed by atoms with Crippen LogP contribution >= 0.6 is 34.8 Å². The molecule has 0 bridgehead atoms. The van der Waals surface area contributed by atoms with Crippen LogP contribution in [-0.4, -0.2) is 9.76 Å². The van der Waals surface area contributed by atoms with E-state index in [1.54, 1.807) is 0 Å². The average molecular weight is 270 g/mol. The fourth-order valence-corrected chi connectivity index (χ4v) is 0. The molecule has 0 unspecified atom stereocenters. The number of rotatable bonds is 0. The molecule has 2 nitrogen and oxygen atoms in total. The molecule has 0 rings (SSSR count). The summed E-state index contributed by atoms with van der Waals surface area (Å²) in [5.74, 6) is -1.71. The number of carbonyl (C=O) groups is 1. The fraction of sp³-hybridized carbons (Fsp3) is 0.500. The van der Waals surface area contributed by atoms with Gasteiger partial charge in [-0.2, -0.15) is 0 Å². The molecule has 0 N–H and O–H groups in total. The Bertz CT molecular complexity index is 87.8. The Morgan fingerprint density at radius 2 is 1.50 bits per heavy atom. The van der Waals surface area contributed by atoms with Gasteiger partial charge in [0.25, 0.3) is 0 Å². The molecule has 0 aliphatic rings. The monoisotopic (exact) mass is 268 g/mol. The third kappa shape index (κ3) is 5.22. The minimum absolute atomic E-state index is 0. The van der Waals surface area contributed by atoms with Crippen molar-refractivity contribution in [3.05, 3.63) is 0 Å². The second-order valence-corrected chi connectivity index (χ2v) is 3.07.